The maximum absolute atomic E-state index is 14.0. The number of aryl methyl sites for hydroxylation is 3. The molecule has 1 spiro atoms. The van der Waals surface area contributed by atoms with Crippen LogP contribution in [0.1, 0.15) is 54.9 Å². The van der Waals surface area contributed by atoms with E-state index in [1.54, 1.807) is 14.0 Å². The molecule has 3 aliphatic rings. The van der Waals surface area contributed by atoms with Crippen LogP contribution in [0.3, 0.4) is 0 Å². The second kappa shape index (κ2) is 8.87. The van der Waals surface area contributed by atoms with Crippen LogP contribution in [-0.4, -0.2) is 60.9 Å². The summed E-state index contributed by atoms with van der Waals surface area (Å²) >= 11 is 0. The van der Waals surface area contributed by atoms with Crippen molar-refractivity contribution in [2.75, 3.05) is 33.4 Å². The molecule has 1 saturated heterocycles. The standard InChI is InChI=1S/C25H34N2O5/c1-6-31-24(29)32-22-21(20-17(3)13-16(2)14-18(20)4)23(28)27(15-19-7-8-19)25(22)9-11-26(30-5)12-10-25/h13-14,19H,6-12,15H2,1-5H3. The first-order chi connectivity index (χ1) is 15.3. The fraction of sp³-hybridized carbons (Fsp3) is 0.600. The van der Waals surface area contributed by atoms with E-state index in [-0.39, 0.29) is 12.5 Å². The van der Waals surface area contributed by atoms with Gasteiger partial charge in [0.05, 0.1) is 19.3 Å². The predicted molar refractivity (Wildman–Crippen MR) is 121 cm³/mol. The topological polar surface area (TPSA) is 68.3 Å². The van der Waals surface area contributed by atoms with Gasteiger partial charge in [-0.3, -0.25) is 4.79 Å². The molecule has 2 heterocycles. The summed E-state index contributed by atoms with van der Waals surface area (Å²) in [5.74, 6) is 0.921. The number of carbonyl (C=O) groups excluding carboxylic acids is 2. The number of nitrogens with zero attached hydrogens (tertiary/aromatic N) is 2. The van der Waals surface area contributed by atoms with Gasteiger partial charge >= 0.3 is 6.16 Å². The molecule has 2 fully saturated rings. The van der Waals surface area contributed by atoms with Gasteiger partial charge in [-0.15, -0.1) is 0 Å². The minimum absolute atomic E-state index is 0.0443. The van der Waals surface area contributed by atoms with Gasteiger partial charge in [-0.1, -0.05) is 17.7 Å². The number of hydroxylamine groups is 2. The van der Waals surface area contributed by atoms with Crippen LogP contribution in [0.4, 0.5) is 4.79 Å². The molecule has 1 aromatic carbocycles. The molecular formula is C25H34N2O5. The van der Waals surface area contributed by atoms with Crippen molar-refractivity contribution < 1.29 is 23.9 Å². The molecule has 4 rings (SSSR count). The highest BCUT2D eigenvalue weighted by molar-refractivity contribution is 6.24. The Kier molecular flexibility index (Phi) is 6.32. The monoisotopic (exact) mass is 442 g/mol. The van der Waals surface area contributed by atoms with Gasteiger partial charge in [0.25, 0.3) is 5.91 Å². The number of hydrogen-bond acceptors (Lipinski definition) is 6. The maximum atomic E-state index is 14.0. The zero-order chi connectivity index (χ0) is 23.0. The van der Waals surface area contributed by atoms with Crippen molar-refractivity contribution in [3.8, 4) is 0 Å². The van der Waals surface area contributed by atoms with Crippen LogP contribution < -0.4 is 0 Å². The molecule has 7 nitrogen and oxygen atoms in total. The number of carbonyl (C=O) groups is 2. The lowest BCUT2D eigenvalue weighted by atomic mass is 9.84. The van der Waals surface area contributed by atoms with Gasteiger partial charge in [0.1, 0.15) is 5.54 Å². The largest absolute Gasteiger partial charge is 0.513 e. The minimum atomic E-state index is -0.753. The first-order valence-corrected chi connectivity index (χ1v) is 11.6. The molecule has 1 amide bonds. The zero-order valence-corrected chi connectivity index (χ0v) is 19.8. The number of rotatable bonds is 6. The Morgan fingerprint density at radius 1 is 1.12 bits per heavy atom. The summed E-state index contributed by atoms with van der Waals surface area (Å²) in [5, 5.41) is 1.90. The highest BCUT2D eigenvalue weighted by Gasteiger charge is 2.56. The Balaban J connectivity index is 1.87. The molecule has 0 N–H and O–H groups in total. The Morgan fingerprint density at radius 2 is 1.75 bits per heavy atom. The third-order valence-corrected chi connectivity index (χ3v) is 6.95. The van der Waals surface area contributed by atoms with Crippen LogP contribution in [0.25, 0.3) is 5.57 Å². The highest BCUT2D eigenvalue weighted by atomic mass is 16.7. The normalized spacial score (nSPS) is 20.9. The summed E-state index contributed by atoms with van der Waals surface area (Å²) < 4.78 is 11.1. The molecule has 1 aliphatic carbocycles. The van der Waals surface area contributed by atoms with Gasteiger partial charge < -0.3 is 19.2 Å². The van der Waals surface area contributed by atoms with E-state index in [0.29, 0.717) is 49.7 Å². The number of benzene rings is 1. The van der Waals surface area contributed by atoms with E-state index in [2.05, 4.69) is 12.1 Å². The Bertz CT molecular complexity index is 919. The second-order valence-electron chi connectivity index (χ2n) is 9.27. The van der Waals surface area contributed by atoms with Crippen molar-refractivity contribution in [2.45, 2.75) is 58.9 Å². The average Bonchev–Trinajstić information content (AvgIpc) is 3.54. The number of amides is 1. The molecule has 0 unspecified atom stereocenters. The summed E-state index contributed by atoms with van der Waals surface area (Å²) in [6.45, 7) is 10.0. The van der Waals surface area contributed by atoms with Gasteiger partial charge in [0.2, 0.25) is 0 Å². The molecule has 2 aliphatic heterocycles. The smallest absolute Gasteiger partial charge is 0.434 e. The first-order valence-electron chi connectivity index (χ1n) is 11.6. The van der Waals surface area contributed by atoms with Crippen LogP contribution in [0, 0.1) is 26.7 Å². The third-order valence-electron chi connectivity index (χ3n) is 6.95. The Morgan fingerprint density at radius 3 is 2.28 bits per heavy atom. The van der Waals surface area contributed by atoms with Crippen LogP contribution in [0.15, 0.2) is 17.9 Å². The summed E-state index contributed by atoms with van der Waals surface area (Å²) in [4.78, 5) is 34.0. The zero-order valence-electron chi connectivity index (χ0n) is 19.8. The van der Waals surface area contributed by atoms with Crippen LogP contribution in [-0.2, 0) is 19.1 Å². The van der Waals surface area contributed by atoms with Crippen molar-refractivity contribution in [1.29, 1.82) is 0 Å². The van der Waals surface area contributed by atoms with Crippen molar-refractivity contribution in [3.05, 3.63) is 40.1 Å². The SMILES string of the molecule is CCOC(=O)OC1=C(c2c(C)cc(C)cc2C)C(=O)N(CC2CC2)C12CCN(OC)CC2. The van der Waals surface area contributed by atoms with Crippen molar-refractivity contribution in [3.63, 3.8) is 0 Å². The first kappa shape index (κ1) is 22.8. The van der Waals surface area contributed by atoms with E-state index < -0.39 is 11.7 Å². The third kappa shape index (κ3) is 4.04. The van der Waals surface area contributed by atoms with E-state index in [4.69, 9.17) is 14.3 Å². The van der Waals surface area contributed by atoms with Crippen molar-refractivity contribution >= 4 is 17.6 Å². The Labute approximate surface area is 190 Å². The molecule has 0 atom stereocenters. The molecule has 0 aromatic heterocycles. The highest BCUT2D eigenvalue weighted by Crippen LogP contribution is 2.49. The van der Waals surface area contributed by atoms with Crippen LogP contribution in [0.2, 0.25) is 0 Å². The molecule has 1 aromatic rings. The van der Waals surface area contributed by atoms with E-state index in [1.165, 1.54) is 0 Å². The number of hydrogen-bond donors (Lipinski definition) is 0. The lowest BCUT2D eigenvalue weighted by molar-refractivity contribution is -0.164. The van der Waals surface area contributed by atoms with Gasteiger partial charge in [0.15, 0.2) is 5.76 Å². The van der Waals surface area contributed by atoms with Gasteiger partial charge in [0, 0.05) is 19.6 Å². The molecule has 32 heavy (non-hydrogen) atoms. The maximum Gasteiger partial charge on any atom is 0.513 e. The predicted octanol–water partition coefficient (Wildman–Crippen LogP) is 4.14. The summed E-state index contributed by atoms with van der Waals surface area (Å²) in [5.41, 5.74) is 3.87. The number of piperidine rings is 1. The van der Waals surface area contributed by atoms with Crippen LogP contribution >= 0.6 is 0 Å². The lowest BCUT2D eigenvalue weighted by Gasteiger charge is -2.44. The summed E-state index contributed by atoms with van der Waals surface area (Å²) in [6, 6.07) is 4.16. The molecule has 7 heteroatoms. The summed E-state index contributed by atoms with van der Waals surface area (Å²) in [6.07, 6.45) is 2.80. The number of ether oxygens (including phenoxy) is 2. The molecule has 0 bridgehead atoms. The molecule has 1 saturated carbocycles. The second-order valence-corrected chi connectivity index (χ2v) is 9.27. The minimum Gasteiger partial charge on any atom is -0.434 e. The Hall–Kier alpha value is -2.38. The molecule has 174 valence electrons. The quantitative estimate of drug-likeness (QED) is 0.617. The van der Waals surface area contributed by atoms with E-state index in [9.17, 15) is 9.59 Å². The van der Waals surface area contributed by atoms with Gasteiger partial charge in [-0.25, -0.2) is 4.79 Å². The van der Waals surface area contributed by atoms with Gasteiger partial charge in [-0.05, 0) is 76.0 Å². The molecular weight excluding hydrogens is 408 g/mol. The lowest BCUT2D eigenvalue weighted by Crippen LogP contribution is -2.56. The van der Waals surface area contributed by atoms with Crippen molar-refractivity contribution in [2.24, 2.45) is 5.92 Å². The van der Waals surface area contributed by atoms with Gasteiger partial charge in [-0.2, -0.15) is 5.06 Å². The average molecular weight is 443 g/mol. The van der Waals surface area contributed by atoms with E-state index in [1.807, 2.05) is 30.7 Å². The van der Waals surface area contributed by atoms with E-state index in [0.717, 1.165) is 35.1 Å². The summed E-state index contributed by atoms with van der Waals surface area (Å²) in [7, 11) is 1.66. The fourth-order valence-electron chi connectivity index (χ4n) is 5.31. The fourth-order valence-corrected chi connectivity index (χ4v) is 5.31. The van der Waals surface area contributed by atoms with E-state index >= 15 is 0 Å². The van der Waals surface area contributed by atoms with Crippen LogP contribution in [0.5, 0.6) is 0 Å². The van der Waals surface area contributed by atoms with Crippen molar-refractivity contribution in [1.82, 2.24) is 9.96 Å². The molecule has 0 radical (unpaired) electrons.